The Labute approximate surface area is 105 Å². The van der Waals surface area contributed by atoms with Crippen LogP contribution in [0.4, 0.5) is 5.95 Å². The first-order valence-corrected chi connectivity index (χ1v) is 6.98. The molecule has 3 heteroatoms. The molecule has 0 saturated heterocycles. The van der Waals surface area contributed by atoms with E-state index in [9.17, 15) is 0 Å². The lowest BCUT2D eigenvalue weighted by atomic mass is 9.89. The number of rotatable bonds is 6. The molecule has 2 rings (SSSR count). The summed E-state index contributed by atoms with van der Waals surface area (Å²) in [5.74, 6) is 1.05. The van der Waals surface area contributed by atoms with Gasteiger partial charge in [0.1, 0.15) is 0 Å². The molecule has 96 valence electrons. The van der Waals surface area contributed by atoms with Crippen molar-refractivity contribution in [3.8, 4) is 0 Å². The van der Waals surface area contributed by atoms with E-state index in [1.54, 1.807) is 0 Å². The first-order valence-electron chi connectivity index (χ1n) is 6.98. The van der Waals surface area contributed by atoms with E-state index in [1.165, 1.54) is 38.5 Å². The van der Waals surface area contributed by atoms with Crippen molar-refractivity contribution in [2.24, 2.45) is 5.41 Å². The molecule has 1 saturated carbocycles. The van der Waals surface area contributed by atoms with Crippen molar-refractivity contribution >= 4 is 5.95 Å². The Morgan fingerprint density at radius 1 is 1.41 bits per heavy atom. The summed E-state index contributed by atoms with van der Waals surface area (Å²) >= 11 is 0. The van der Waals surface area contributed by atoms with Gasteiger partial charge in [-0.3, -0.25) is 0 Å². The fourth-order valence-electron chi connectivity index (χ4n) is 2.68. The molecule has 1 aromatic rings. The van der Waals surface area contributed by atoms with Gasteiger partial charge in [-0.05, 0) is 24.7 Å². The summed E-state index contributed by atoms with van der Waals surface area (Å²) in [5.41, 5.74) is 0.488. The second-order valence-electron chi connectivity index (χ2n) is 5.67. The molecule has 1 fully saturated rings. The predicted molar refractivity (Wildman–Crippen MR) is 72.2 cm³/mol. The summed E-state index contributed by atoms with van der Waals surface area (Å²) < 4.78 is 2.24. The number of imidazole rings is 1. The van der Waals surface area contributed by atoms with E-state index in [0.717, 1.165) is 19.0 Å². The fraction of sp³-hybridized carbons (Fsp3) is 0.786. The molecule has 0 spiro atoms. The third kappa shape index (κ3) is 3.24. The molecular weight excluding hydrogens is 210 g/mol. The molecule has 0 amide bonds. The standard InChI is InChI=1S/C14H25N3/c1-3-4-10-17-11-9-15-13(17)16-12-14(2)7-5-6-8-14/h9,11H,3-8,10,12H2,1-2H3,(H,15,16). The average Bonchev–Trinajstić information content (AvgIpc) is 2.93. The van der Waals surface area contributed by atoms with Crippen molar-refractivity contribution in [2.45, 2.75) is 58.9 Å². The fourth-order valence-corrected chi connectivity index (χ4v) is 2.68. The van der Waals surface area contributed by atoms with E-state index >= 15 is 0 Å². The lowest BCUT2D eigenvalue weighted by Crippen LogP contribution is -2.24. The molecule has 0 bridgehead atoms. The van der Waals surface area contributed by atoms with Crippen LogP contribution < -0.4 is 5.32 Å². The first kappa shape index (κ1) is 12.5. The molecule has 3 nitrogen and oxygen atoms in total. The minimum Gasteiger partial charge on any atom is -0.355 e. The summed E-state index contributed by atoms with van der Waals surface area (Å²) in [5, 5.41) is 3.54. The summed E-state index contributed by atoms with van der Waals surface area (Å²) in [6.07, 6.45) is 11.9. The number of nitrogens with zero attached hydrogens (tertiary/aromatic N) is 2. The van der Waals surface area contributed by atoms with Crippen LogP contribution in [0.15, 0.2) is 12.4 Å². The number of anilines is 1. The van der Waals surface area contributed by atoms with Crippen molar-refractivity contribution in [3.63, 3.8) is 0 Å². The van der Waals surface area contributed by atoms with Crippen LogP contribution in [0.25, 0.3) is 0 Å². The van der Waals surface area contributed by atoms with Gasteiger partial charge in [-0.2, -0.15) is 0 Å². The van der Waals surface area contributed by atoms with Crippen LogP contribution in [-0.2, 0) is 6.54 Å². The van der Waals surface area contributed by atoms with Gasteiger partial charge in [0.05, 0.1) is 0 Å². The van der Waals surface area contributed by atoms with Crippen LogP contribution in [0.3, 0.4) is 0 Å². The van der Waals surface area contributed by atoms with Crippen LogP contribution in [0.2, 0.25) is 0 Å². The molecule has 0 aromatic carbocycles. The highest BCUT2D eigenvalue weighted by Gasteiger charge is 2.28. The minimum absolute atomic E-state index is 0.488. The molecule has 17 heavy (non-hydrogen) atoms. The van der Waals surface area contributed by atoms with Gasteiger partial charge < -0.3 is 9.88 Å². The van der Waals surface area contributed by atoms with Crippen LogP contribution >= 0.6 is 0 Å². The maximum absolute atomic E-state index is 4.41. The number of hydrogen-bond acceptors (Lipinski definition) is 2. The predicted octanol–water partition coefficient (Wildman–Crippen LogP) is 3.68. The van der Waals surface area contributed by atoms with Crippen molar-refractivity contribution in [1.82, 2.24) is 9.55 Å². The van der Waals surface area contributed by atoms with E-state index < -0.39 is 0 Å². The number of aromatic nitrogens is 2. The minimum atomic E-state index is 0.488. The van der Waals surface area contributed by atoms with Gasteiger partial charge in [0.15, 0.2) is 0 Å². The molecule has 0 unspecified atom stereocenters. The van der Waals surface area contributed by atoms with Crippen LogP contribution in [0.5, 0.6) is 0 Å². The van der Waals surface area contributed by atoms with Gasteiger partial charge in [-0.1, -0.05) is 33.1 Å². The van der Waals surface area contributed by atoms with Gasteiger partial charge >= 0.3 is 0 Å². The summed E-state index contributed by atoms with van der Waals surface area (Å²) in [4.78, 5) is 4.41. The van der Waals surface area contributed by atoms with Gasteiger partial charge in [0, 0.05) is 25.5 Å². The Hall–Kier alpha value is -0.990. The number of nitrogens with one attached hydrogen (secondary N) is 1. The Bertz CT molecular complexity index is 337. The topological polar surface area (TPSA) is 29.9 Å². The van der Waals surface area contributed by atoms with Crippen LogP contribution in [0, 0.1) is 5.41 Å². The molecule has 0 atom stereocenters. The van der Waals surface area contributed by atoms with Crippen LogP contribution in [0.1, 0.15) is 52.4 Å². The monoisotopic (exact) mass is 235 g/mol. The molecule has 1 aliphatic rings. The van der Waals surface area contributed by atoms with Crippen molar-refractivity contribution in [3.05, 3.63) is 12.4 Å². The summed E-state index contributed by atoms with van der Waals surface area (Å²) in [6.45, 7) is 6.77. The maximum atomic E-state index is 4.41. The smallest absolute Gasteiger partial charge is 0.202 e. The Kier molecular flexibility index (Phi) is 4.08. The van der Waals surface area contributed by atoms with Crippen molar-refractivity contribution in [2.75, 3.05) is 11.9 Å². The third-order valence-corrected chi connectivity index (χ3v) is 3.95. The highest BCUT2D eigenvalue weighted by Crippen LogP contribution is 2.37. The number of aryl methyl sites for hydroxylation is 1. The van der Waals surface area contributed by atoms with E-state index in [1.807, 2.05) is 6.20 Å². The maximum Gasteiger partial charge on any atom is 0.202 e. The molecular formula is C14H25N3. The van der Waals surface area contributed by atoms with Crippen molar-refractivity contribution in [1.29, 1.82) is 0 Å². The normalized spacial score (nSPS) is 18.5. The van der Waals surface area contributed by atoms with Gasteiger partial charge in [-0.15, -0.1) is 0 Å². The average molecular weight is 235 g/mol. The molecule has 1 aliphatic carbocycles. The lowest BCUT2D eigenvalue weighted by molar-refractivity contribution is 0.360. The second-order valence-corrected chi connectivity index (χ2v) is 5.67. The van der Waals surface area contributed by atoms with E-state index in [4.69, 9.17) is 0 Å². The highest BCUT2D eigenvalue weighted by molar-refractivity contribution is 5.26. The van der Waals surface area contributed by atoms with Gasteiger partial charge in [-0.25, -0.2) is 4.98 Å². The van der Waals surface area contributed by atoms with Crippen molar-refractivity contribution < 1.29 is 0 Å². The van der Waals surface area contributed by atoms with E-state index in [0.29, 0.717) is 5.41 Å². The number of hydrogen-bond donors (Lipinski definition) is 1. The zero-order chi connectivity index (χ0) is 12.1. The third-order valence-electron chi connectivity index (χ3n) is 3.95. The molecule has 0 aliphatic heterocycles. The second kappa shape index (κ2) is 5.56. The summed E-state index contributed by atoms with van der Waals surface area (Å²) in [7, 11) is 0. The summed E-state index contributed by atoms with van der Waals surface area (Å²) in [6, 6.07) is 0. The largest absolute Gasteiger partial charge is 0.355 e. The van der Waals surface area contributed by atoms with E-state index in [2.05, 4.69) is 34.9 Å². The van der Waals surface area contributed by atoms with Gasteiger partial charge in [0.25, 0.3) is 0 Å². The SMILES string of the molecule is CCCCn1ccnc1NCC1(C)CCCC1. The number of unbranched alkanes of at least 4 members (excludes halogenated alkanes) is 1. The van der Waals surface area contributed by atoms with Crippen LogP contribution in [-0.4, -0.2) is 16.1 Å². The quantitative estimate of drug-likeness (QED) is 0.815. The first-order chi connectivity index (χ1) is 8.23. The Morgan fingerprint density at radius 3 is 2.88 bits per heavy atom. The molecule has 1 N–H and O–H groups in total. The lowest BCUT2D eigenvalue weighted by Gasteiger charge is -2.24. The van der Waals surface area contributed by atoms with Gasteiger partial charge in [0.2, 0.25) is 5.95 Å². The zero-order valence-electron chi connectivity index (χ0n) is 11.2. The highest BCUT2D eigenvalue weighted by atomic mass is 15.2. The Morgan fingerprint density at radius 2 is 2.18 bits per heavy atom. The molecule has 1 heterocycles. The molecule has 0 radical (unpaired) electrons. The Balaban J connectivity index is 1.87. The zero-order valence-corrected chi connectivity index (χ0v) is 11.2. The molecule has 1 aromatic heterocycles. The van der Waals surface area contributed by atoms with E-state index in [-0.39, 0.29) is 0 Å².